The fourth-order valence-electron chi connectivity index (χ4n) is 1.10. The van der Waals surface area contributed by atoms with Crippen LogP contribution in [-0.2, 0) is 10.0 Å². The van der Waals surface area contributed by atoms with Crippen LogP contribution >= 0.6 is 0 Å². The van der Waals surface area contributed by atoms with Crippen LogP contribution in [0, 0.1) is 6.92 Å². The predicted octanol–water partition coefficient (Wildman–Crippen LogP) is 1.31. The number of sulfonamides is 1. The van der Waals surface area contributed by atoms with E-state index in [2.05, 4.69) is 4.72 Å². The topological polar surface area (TPSA) is 55.4 Å². The Hall–Kier alpha value is -1.07. The summed E-state index contributed by atoms with van der Waals surface area (Å²) in [6, 6.07) is 7.63. The highest BCUT2D eigenvalue weighted by Gasteiger charge is 2.04. The predicted molar refractivity (Wildman–Crippen MR) is 64.1 cm³/mol. The van der Waals surface area contributed by atoms with E-state index in [1.807, 2.05) is 31.2 Å². The summed E-state index contributed by atoms with van der Waals surface area (Å²) >= 11 is 0. The van der Waals surface area contributed by atoms with E-state index in [0.717, 1.165) is 5.75 Å². The minimum Gasteiger partial charge on any atom is -0.492 e. The van der Waals surface area contributed by atoms with Crippen molar-refractivity contribution in [3.8, 4) is 5.75 Å². The number of benzene rings is 1. The third kappa shape index (κ3) is 4.63. The summed E-state index contributed by atoms with van der Waals surface area (Å²) in [5, 5.41) is 0. The minimum atomic E-state index is -3.11. The monoisotopic (exact) mass is 243 g/mol. The molecule has 90 valence electrons. The third-order valence-electron chi connectivity index (χ3n) is 2.09. The van der Waals surface area contributed by atoms with E-state index in [4.69, 9.17) is 4.74 Å². The van der Waals surface area contributed by atoms with Crippen molar-refractivity contribution in [3.05, 3.63) is 29.8 Å². The number of hydrogen-bond donors (Lipinski definition) is 1. The summed E-state index contributed by atoms with van der Waals surface area (Å²) < 4.78 is 30.0. The number of aryl methyl sites for hydroxylation is 1. The molecule has 0 fully saturated rings. The highest BCUT2D eigenvalue weighted by atomic mass is 32.2. The van der Waals surface area contributed by atoms with Crippen molar-refractivity contribution in [2.24, 2.45) is 0 Å². The zero-order valence-corrected chi connectivity index (χ0v) is 10.4. The summed E-state index contributed by atoms with van der Waals surface area (Å²) in [6.45, 7) is 4.23. The molecule has 1 aromatic carbocycles. The highest BCUT2D eigenvalue weighted by Crippen LogP contribution is 2.10. The van der Waals surface area contributed by atoms with Crippen molar-refractivity contribution in [2.75, 3.05) is 18.9 Å². The molecule has 0 heterocycles. The molecule has 0 amide bonds. The maximum absolute atomic E-state index is 11.1. The molecule has 5 heteroatoms. The molecule has 0 saturated carbocycles. The molecule has 4 nitrogen and oxygen atoms in total. The molecular formula is C11H17NO3S. The molecule has 0 unspecified atom stereocenters. The second kappa shape index (κ2) is 5.86. The molecule has 1 aromatic rings. The van der Waals surface area contributed by atoms with Gasteiger partial charge in [-0.15, -0.1) is 0 Å². The second-order valence-corrected chi connectivity index (χ2v) is 5.55. The van der Waals surface area contributed by atoms with Crippen LogP contribution in [0.25, 0.3) is 0 Å². The third-order valence-corrected chi connectivity index (χ3v) is 3.50. The van der Waals surface area contributed by atoms with Gasteiger partial charge >= 0.3 is 0 Å². The van der Waals surface area contributed by atoms with E-state index in [-0.39, 0.29) is 5.75 Å². The maximum Gasteiger partial charge on any atom is 0.211 e. The van der Waals surface area contributed by atoms with Crippen LogP contribution in [0.1, 0.15) is 12.5 Å². The van der Waals surface area contributed by atoms with E-state index in [0.29, 0.717) is 13.2 Å². The van der Waals surface area contributed by atoms with Gasteiger partial charge in [-0.2, -0.15) is 0 Å². The van der Waals surface area contributed by atoms with Crippen LogP contribution in [0.3, 0.4) is 0 Å². The molecule has 0 radical (unpaired) electrons. The molecule has 1 rings (SSSR count). The molecule has 0 aromatic heterocycles. The summed E-state index contributed by atoms with van der Waals surface area (Å²) in [4.78, 5) is 0. The SMILES string of the molecule is CCS(=O)(=O)NCCOc1ccc(C)cc1. The number of nitrogens with one attached hydrogen (secondary N) is 1. The van der Waals surface area contributed by atoms with Crippen molar-refractivity contribution < 1.29 is 13.2 Å². The molecule has 1 N–H and O–H groups in total. The van der Waals surface area contributed by atoms with E-state index >= 15 is 0 Å². The summed E-state index contributed by atoms with van der Waals surface area (Å²) in [5.41, 5.74) is 1.17. The summed E-state index contributed by atoms with van der Waals surface area (Å²) in [6.07, 6.45) is 0. The van der Waals surface area contributed by atoms with Gasteiger partial charge in [0.2, 0.25) is 10.0 Å². The first-order chi connectivity index (χ1) is 7.53. The van der Waals surface area contributed by atoms with Crippen LogP contribution in [0.15, 0.2) is 24.3 Å². The minimum absolute atomic E-state index is 0.0948. The average Bonchev–Trinajstić information content (AvgIpc) is 2.27. The van der Waals surface area contributed by atoms with E-state index in [1.54, 1.807) is 6.92 Å². The Morgan fingerprint density at radius 1 is 1.25 bits per heavy atom. The fourth-order valence-corrected chi connectivity index (χ4v) is 1.70. The van der Waals surface area contributed by atoms with E-state index < -0.39 is 10.0 Å². The van der Waals surface area contributed by atoms with Crippen molar-refractivity contribution in [3.63, 3.8) is 0 Å². The van der Waals surface area contributed by atoms with Gasteiger partial charge in [-0.3, -0.25) is 0 Å². The molecule has 0 aliphatic carbocycles. The number of hydrogen-bond acceptors (Lipinski definition) is 3. The van der Waals surface area contributed by atoms with Crippen LogP contribution in [-0.4, -0.2) is 27.3 Å². The highest BCUT2D eigenvalue weighted by molar-refractivity contribution is 7.89. The Balaban J connectivity index is 2.29. The average molecular weight is 243 g/mol. The van der Waals surface area contributed by atoms with E-state index in [1.165, 1.54) is 5.56 Å². The Labute approximate surface area is 96.7 Å². The van der Waals surface area contributed by atoms with Gasteiger partial charge < -0.3 is 4.74 Å². The molecule has 0 aliphatic heterocycles. The lowest BCUT2D eigenvalue weighted by atomic mass is 10.2. The van der Waals surface area contributed by atoms with Gasteiger partial charge in [0.1, 0.15) is 12.4 Å². The van der Waals surface area contributed by atoms with Gasteiger partial charge in [-0.1, -0.05) is 17.7 Å². The second-order valence-electron chi connectivity index (χ2n) is 3.46. The normalized spacial score (nSPS) is 11.4. The molecule has 0 spiro atoms. The zero-order valence-electron chi connectivity index (χ0n) is 9.56. The van der Waals surface area contributed by atoms with Crippen molar-refractivity contribution >= 4 is 10.0 Å². The van der Waals surface area contributed by atoms with Crippen LogP contribution in [0.4, 0.5) is 0 Å². The molecule has 16 heavy (non-hydrogen) atoms. The quantitative estimate of drug-likeness (QED) is 0.766. The summed E-state index contributed by atoms with van der Waals surface area (Å²) in [5.74, 6) is 0.846. The van der Waals surface area contributed by atoms with Gasteiger partial charge in [0, 0.05) is 6.54 Å². The lowest BCUT2D eigenvalue weighted by Gasteiger charge is -2.07. The maximum atomic E-state index is 11.1. The Bertz CT molecular complexity index is 411. The van der Waals surface area contributed by atoms with E-state index in [9.17, 15) is 8.42 Å². The zero-order chi connectivity index (χ0) is 12.0. The first kappa shape index (κ1) is 13.0. The van der Waals surface area contributed by atoms with Crippen LogP contribution in [0.2, 0.25) is 0 Å². The molecule has 0 atom stereocenters. The van der Waals surface area contributed by atoms with Crippen molar-refractivity contribution in [1.82, 2.24) is 4.72 Å². The van der Waals surface area contributed by atoms with Gasteiger partial charge in [-0.05, 0) is 26.0 Å². The number of rotatable bonds is 6. The summed E-state index contributed by atoms with van der Waals surface area (Å²) in [7, 11) is -3.11. The Kier molecular flexibility index (Phi) is 4.76. The Morgan fingerprint density at radius 2 is 1.88 bits per heavy atom. The Morgan fingerprint density at radius 3 is 2.44 bits per heavy atom. The first-order valence-corrected chi connectivity index (χ1v) is 6.85. The lowest BCUT2D eigenvalue weighted by Crippen LogP contribution is -2.29. The first-order valence-electron chi connectivity index (χ1n) is 5.20. The fraction of sp³-hybridized carbons (Fsp3) is 0.455. The van der Waals surface area contributed by atoms with Crippen molar-refractivity contribution in [2.45, 2.75) is 13.8 Å². The lowest BCUT2D eigenvalue weighted by molar-refractivity contribution is 0.323. The van der Waals surface area contributed by atoms with Crippen LogP contribution in [0.5, 0.6) is 5.75 Å². The molecule has 0 aliphatic rings. The van der Waals surface area contributed by atoms with Gasteiger partial charge in [0.15, 0.2) is 0 Å². The molecule has 0 saturated heterocycles. The van der Waals surface area contributed by atoms with Crippen LogP contribution < -0.4 is 9.46 Å². The smallest absolute Gasteiger partial charge is 0.211 e. The van der Waals surface area contributed by atoms with Crippen molar-refractivity contribution in [1.29, 1.82) is 0 Å². The van der Waals surface area contributed by atoms with Gasteiger partial charge in [0.05, 0.1) is 5.75 Å². The van der Waals surface area contributed by atoms with Gasteiger partial charge in [-0.25, -0.2) is 13.1 Å². The molecular weight excluding hydrogens is 226 g/mol. The largest absolute Gasteiger partial charge is 0.492 e. The van der Waals surface area contributed by atoms with Gasteiger partial charge in [0.25, 0.3) is 0 Å². The number of ether oxygens (including phenoxy) is 1. The standard InChI is InChI=1S/C11H17NO3S/c1-3-16(13,14)12-8-9-15-11-6-4-10(2)5-7-11/h4-7,12H,3,8-9H2,1-2H3. The molecule has 0 bridgehead atoms.